The number of carboxylic acids is 1. The van der Waals surface area contributed by atoms with E-state index in [2.05, 4.69) is 5.10 Å². The van der Waals surface area contributed by atoms with Crippen molar-refractivity contribution in [1.82, 2.24) is 14.7 Å². The minimum Gasteiger partial charge on any atom is -0.481 e. The van der Waals surface area contributed by atoms with Crippen LogP contribution in [0.5, 0.6) is 0 Å². The normalized spacial score (nSPS) is 21.0. The Labute approximate surface area is 182 Å². The molecule has 1 aliphatic carbocycles. The third-order valence-electron chi connectivity index (χ3n) is 6.83. The quantitative estimate of drug-likeness (QED) is 0.758. The third-order valence-corrected chi connectivity index (χ3v) is 6.83. The minimum atomic E-state index is -0.726. The summed E-state index contributed by atoms with van der Waals surface area (Å²) in [6, 6.07) is 6.45. The average molecular weight is 428 g/mol. The molecule has 1 aliphatic heterocycles. The van der Waals surface area contributed by atoms with Crippen molar-refractivity contribution in [2.75, 3.05) is 6.54 Å². The van der Waals surface area contributed by atoms with Crippen LogP contribution in [0, 0.1) is 24.6 Å². The summed E-state index contributed by atoms with van der Waals surface area (Å²) in [4.78, 5) is 25.9. The topological polar surface area (TPSA) is 75.4 Å². The lowest BCUT2D eigenvalue weighted by atomic mass is 9.79. The number of benzene rings is 1. The summed E-state index contributed by atoms with van der Waals surface area (Å²) in [5.74, 6) is -0.193. The number of aromatic nitrogens is 2. The van der Waals surface area contributed by atoms with Crippen molar-refractivity contribution in [2.24, 2.45) is 11.8 Å². The van der Waals surface area contributed by atoms with Gasteiger partial charge in [0.1, 0.15) is 5.82 Å². The monoisotopic (exact) mass is 427 g/mol. The van der Waals surface area contributed by atoms with Crippen LogP contribution in [-0.2, 0) is 29.1 Å². The Bertz CT molecular complexity index is 946. The maximum absolute atomic E-state index is 13.2. The summed E-state index contributed by atoms with van der Waals surface area (Å²) in [6.07, 6.45) is 5.26. The highest BCUT2D eigenvalue weighted by Crippen LogP contribution is 2.33. The van der Waals surface area contributed by atoms with Gasteiger partial charge in [0, 0.05) is 19.4 Å². The van der Waals surface area contributed by atoms with Crippen LogP contribution < -0.4 is 0 Å². The van der Waals surface area contributed by atoms with E-state index in [-0.39, 0.29) is 24.1 Å². The molecule has 166 valence electrons. The number of carboxylic acid groups (broad SMARTS) is 1. The third kappa shape index (κ3) is 5.14. The molecule has 1 amide bonds. The number of rotatable bonds is 6. The van der Waals surface area contributed by atoms with Gasteiger partial charge in [-0.2, -0.15) is 5.10 Å². The molecule has 31 heavy (non-hydrogen) atoms. The number of aliphatic carboxylic acids is 1. The minimum absolute atomic E-state index is 0.180. The van der Waals surface area contributed by atoms with Crippen LogP contribution in [0.3, 0.4) is 0 Å². The number of hydrogen-bond acceptors (Lipinski definition) is 3. The van der Waals surface area contributed by atoms with Crippen molar-refractivity contribution in [3.8, 4) is 0 Å². The molecule has 0 radical (unpaired) electrons. The van der Waals surface area contributed by atoms with E-state index in [9.17, 15) is 14.0 Å². The summed E-state index contributed by atoms with van der Waals surface area (Å²) in [6.45, 7) is 3.84. The molecule has 2 aromatic rings. The van der Waals surface area contributed by atoms with Crippen LogP contribution in [0.15, 0.2) is 24.3 Å². The number of aryl methyl sites for hydroxylation is 1. The van der Waals surface area contributed by atoms with Gasteiger partial charge in [0.15, 0.2) is 0 Å². The van der Waals surface area contributed by atoms with Crippen molar-refractivity contribution >= 4 is 11.9 Å². The fourth-order valence-electron chi connectivity index (χ4n) is 5.04. The van der Waals surface area contributed by atoms with Crippen LogP contribution in [0.4, 0.5) is 4.39 Å². The fraction of sp³-hybridized carbons (Fsp3) is 0.542. The molecule has 4 rings (SSSR count). The Morgan fingerprint density at radius 1 is 1.10 bits per heavy atom. The second kappa shape index (κ2) is 9.20. The highest BCUT2D eigenvalue weighted by molar-refractivity contribution is 5.76. The molecule has 0 unspecified atom stereocenters. The molecule has 1 fully saturated rings. The number of nitrogens with zero attached hydrogens (tertiary/aromatic N) is 3. The molecule has 7 heteroatoms. The lowest BCUT2D eigenvalue weighted by molar-refractivity contribution is -0.139. The fourth-order valence-corrected chi connectivity index (χ4v) is 5.04. The largest absolute Gasteiger partial charge is 0.481 e. The summed E-state index contributed by atoms with van der Waals surface area (Å²) < 4.78 is 15.2. The molecule has 1 aromatic carbocycles. The predicted octanol–water partition coefficient (Wildman–Crippen LogP) is 3.93. The molecule has 1 aromatic heterocycles. The van der Waals surface area contributed by atoms with E-state index in [0.717, 1.165) is 49.1 Å². The Kier molecular flexibility index (Phi) is 6.39. The average Bonchev–Trinajstić information content (AvgIpc) is 3.05. The second-order valence-corrected chi connectivity index (χ2v) is 9.05. The number of amides is 1. The van der Waals surface area contributed by atoms with Crippen molar-refractivity contribution in [1.29, 1.82) is 0 Å². The van der Waals surface area contributed by atoms with Gasteiger partial charge >= 0.3 is 5.97 Å². The van der Waals surface area contributed by atoms with Crippen molar-refractivity contribution in [2.45, 2.75) is 65.0 Å². The highest BCUT2D eigenvalue weighted by Gasteiger charge is 2.29. The molecule has 1 saturated carbocycles. The maximum atomic E-state index is 13.2. The van der Waals surface area contributed by atoms with E-state index in [4.69, 9.17) is 5.11 Å². The first-order chi connectivity index (χ1) is 14.9. The van der Waals surface area contributed by atoms with Crippen molar-refractivity contribution in [3.05, 3.63) is 52.6 Å². The van der Waals surface area contributed by atoms with Gasteiger partial charge in [-0.15, -0.1) is 0 Å². The lowest BCUT2D eigenvalue weighted by Crippen LogP contribution is -2.38. The Hall–Kier alpha value is -2.70. The number of carbonyl (C=O) groups excluding carboxylic acids is 1. The first kappa shape index (κ1) is 21.5. The standard InChI is InChI=1S/C24H30FN3O3/c1-16-21-10-11-27(23(29)12-17-2-4-18(5-3-17)13-24(30)31)15-22(21)28(26-16)14-19-6-8-20(25)9-7-19/h6-9,17-18H,2-5,10-15H2,1H3,(H,30,31). The molecule has 2 heterocycles. The summed E-state index contributed by atoms with van der Waals surface area (Å²) in [7, 11) is 0. The second-order valence-electron chi connectivity index (χ2n) is 9.05. The molecular weight excluding hydrogens is 397 g/mol. The lowest BCUT2D eigenvalue weighted by Gasteiger charge is -2.32. The molecule has 2 aliphatic rings. The molecule has 0 bridgehead atoms. The zero-order valence-electron chi connectivity index (χ0n) is 18.0. The van der Waals surface area contributed by atoms with Gasteiger partial charge in [0.25, 0.3) is 0 Å². The molecule has 6 nitrogen and oxygen atoms in total. The molecule has 0 saturated heterocycles. The highest BCUT2D eigenvalue weighted by atomic mass is 19.1. The number of fused-ring (bicyclic) bond motifs is 1. The van der Waals surface area contributed by atoms with E-state index >= 15 is 0 Å². The molecule has 1 N–H and O–H groups in total. The van der Waals surface area contributed by atoms with Crippen LogP contribution in [0.1, 0.15) is 61.0 Å². The number of halogens is 1. The SMILES string of the molecule is Cc1nn(Cc2ccc(F)cc2)c2c1CCN(C(=O)CC1CCC(CC(=O)O)CC1)C2. The van der Waals surface area contributed by atoms with Gasteiger partial charge in [-0.3, -0.25) is 14.3 Å². The van der Waals surface area contributed by atoms with Gasteiger partial charge < -0.3 is 10.0 Å². The van der Waals surface area contributed by atoms with Gasteiger partial charge in [0.05, 0.1) is 24.5 Å². The first-order valence-electron chi connectivity index (χ1n) is 11.2. The van der Waals surface area contributed by atoms with Crippen molar-refractivity contribution < 1.29 is 19.1 Å². The summed E-state index contributed by atoms with van der Waals surface area (Å²) in [5.41, 5.74) is 4.28. The summed E-state index contributed by atoms with van der Waals surface area (Å²) >= 11 is 0. The molecule has 0 atom stereocenters. The van der Waals surface area contributed by atoms with Crippen LogP contribution >= 0.6 is 0 Å². The van der Waals surface area contributed by atoms with Crippen LogP contribution in [0.2, 0.25) is 0 Å². The van der Waals surface area contributed by atoms with E-state index in [0.29, 0.717) is 32.0 Å². The van der Waals surface area contributed by atoms with E-state index < -0.39 is 5.97 Å². The Morgan fingerprint density at radius 2 is 1.74 bits per heavy atom. The van der Waals surface area contributed by atoms with Crippen molar-refractivity contribution in [3.63, 3.8) is 0 Å². The van der Waals surface area contributed by atoms with E-state index in [1.54, 1.807) is 12.1 Å². The Balaban J connectivity index is 1.37. The number of hydrogen-bond donors (Lipinski definition) is 1. The summed E-state index contributed by atoms with van der Waals surface area (Å²) in [5, 5.41) is 13.7. The molecular formula is C24H30FN3O3. The van der Waals surface area contributed by atoms with Gasteiger partial charge in [-0.1, -0.05) is 12.1 Å². The smallest absolute Gasteiger partial charge is 0.303 e. The van der Waals surface area contributed by atoms with Crippen LogP contribution in [0.25, 0.3) is 0 Å². The van der Waals surface area contributed by atoms with E-state index in [1.165, 1.54) is 17.7 Å². The van der Waals surface area contributed by atoms with E-state index in [1.807, 2.05) is 16.5 Å². The maximum Gasteiger partial charge on any atom is 0.303 e. The first-order valence-corrected chi connectivity index (χ1v) is 11.2. The van der Waals surface area contributed by atoms with Gasteiger partial charge in [-0.25, -0.2) is 4.39 Å². The Morgan fingerprint density at radius 3 is 2.39 bits per heavy atom. The molecule has 0 spiro atoms. The number of carbonyl (C=O) groups is 2. The van der Waals surface area contributed by atoms with Gasteiger partial charge in [0.2, 0.25) is 5.91 Å². The zero-order valence-corrected chi connectivity index (χ0v) is 18.0. The van der Waals surface area contributed by atoms with Gasteiger partial charge in [-0.05, 0) is 74.1 Å². The van der Waals surface area contributed by atoms with Crippen LogP contribution in [-0.4, -0.2) is 38.2 Å². The predicted molar refractivity (Wildman–Crippen MR) is 114 cm³/mol. The zero-order chi connectivity index (χ0) is 22.0.